The largest absolute Gasteiger partial charge is 0.497 e. The second kappa shape index (κ2) is 11.2. The van der Waals surface area contributed by atoms with Crippen molar-refractivity contribution in [2.75, 3.05) is 57.6 Å². The van der Waals surface area contributed by atoms with E-state index < -0.39 is 0 Å². The first kappa shape index (κ1) is 24.5. The Hall–Kier alpha value is -3.10. The molecule has 1 unspecified atom stereocenters. The summed E-state index contributed by atoms with van der Waals surface area (Å²) in [5.74, 6) is 1.10. The molecule has 1 fully saturated rings. The molecule has 1 saturated heterocycles. The molecule has 0 spiro atoms. The molecule has 0 saturated carbocycles. The molecular weight excluding hydrogens is 420 g/mol. The third kappa shape index (κ3) is 6.24. The lowest BCUT2D eigenvalue weighted by Crippen LogP contribution is -2.53. The van der Waals surface area contributed by atoms with Crippen LogP contribution >= 0.6 is 0 Å². The molecule has 8 heteroatoms. The number of amides is 2. The maximum Gasteiger partial charge on any atom is 0.241 e. The molecule has 1 aliphatic rings. The maximum absolute atomic E-state index is 12.9. The lowest BCUT2D eigenvalue weighted by Gasteiger charge is -2.37. The second-order valence-electron chi connectivity index (χ2n) is 8.34. The number of ether oxygens (including phenoxy) is 2. The van der Waals surface area contributed by atoms with Gasteiger partial charge in [-0.05, 0) is 50.1 Å². The van der Waals surface area contributed by atoms with Gasteiger partial charge < -0.3 is 20.1 Å². The van der Waals surface area contributed by atoms with E-state index in [9.17, 15) is 9.59 Å². The van der Waals surface area contributed by atoms with Crippen LogP contribution in [0.1, 0.15) is 18.1 Å². The Bertz CT molecular complexity index is 986. The summed E-state index contributed by atoms with van der Waals surface area (Å²) in [4.78, 5) is 29.6. The van der Waals surface area contributed by atoms with Crippen molar-refractivity contribution in [2.45, 2.75) is 26.8 Å². The van der Waals surface area contributed by atoms with E-state index in [0.717, 1.165) is 29.9 Å². The second-order valence-corrected chi connectivity index (χ2v) is 8.34. The molecule has 1 aliphatic heterocycles. The monoisotopic (exact) mass is 454 g/mol. The number of methoxy groups -OCH3 is 2. The van der Waals surface area contributed by atoms with Crippen LogP contribution in [0.25, 0.3) is 0 Å². The van der Waals surface area contributed by atoms with E-state index in [2.05, 4.69) is 20.4 Å². The van der Waals surface area contributed by atoms with Crippen molar-refractivity contribution >= 4 is 23.2 Å². The van der Waals surface area contributed by atoms with E-state index in [1.165, 1.54) is 0 Å². The molecule has 33 heavy (non-hydrogen) atoms. The highest BCUT2D eigenvalue weighted by atomic mass is 16.5. The number of aryl methyl sites for hydroxylation is 1. The minimum atomic E-state index is -0.313. The van der Waals surface area contributed by atoms with E-state index in [4.69, 9.17) is 9.47 Å². The van der Waals surface area contributed by atoms with Gasteiger partial charge in [0, 0.05) is 37.9 Å². The Balaban J connectivity index is 1.50. The van der Waals surface area contributed by atoms with Crippen molar-refractivity contribution in [1.29, 1.82) is 0 Å². The molecule has 2 aromatic rings. The van der Waals surface area contributed by atoms with Crippen LogP contribution < -0.4 is 20.1 Å². The average molecular weight is 455 g/mol. The summed E-state index contributed by atoms with van der Waals surface area (Å²) in [7, 11) is 3.15. The molecule has 2 amide bonds. The predicted molar refractivity (Wildman–Crippen MR) is 130 cm³/mol. The lowest BCUT2D eigenvalue weighted by molar-refractivity contribution is -0.122. The van der Waals surface area contributed by atoms with Gasteiger partial charge in [0.05, 0.1) is 32.5 Å². The van der Waals surface area contributed by atoms with Gasteiger partial charge in [-0.2, -0.15) is 0 Å². The lowest BCUT2D eigenvalue weighted by atomic mass is 10.1. The molecule has 178 valence electrons. The molecule has 0 radical (unpaired) electrons. The van der Waals surface area contributed by atoms with E-state index in [1.807, 2.05) is 39.0 Å². The first-order valence-electron chi connectivity index (χ1n) is 11.2. The zero-order chi connectivity index (χ0) is 24.0. The predicted octanol–water partition coefficient (Wildman–Crippen LogP) is 2.90. The number of piperazine rings is 1. The van der Waals surface area contributed by atoms with Crippen molar-refractivity contribution in [3.8, 4) is 11.5 Å². The SMILES string of the molecule is COc1ccc(OC)c(NC(=O)C(C)N2CCN(CC(=O)Nc3cccc(C)c3C)CC2)c1. The quantitative estimate of drug-likeness (QED) is 0.638. The van der Waals surface area contributed by atoms with Crippen LogP contribution in [-0.4, -0.2) is 74.6 Å². The summed E-state index contributed by atoms with van der Waals surface area (Å²) in [5, 5.41) is 5.97. The van der Waals surface area contributed by atoms with Gasteiger partial charge in [-0.25, -0.2) is 0 Å². The van der Waals surface area contributed by atoms with Crippen molar-refractivity contribution in [3.63, 3.8) is 0 Å². The molecule has 1 heterocycles. The minimum absolute atomic E-state index is 0.0203. The zero-order valence-electron chi connectivity index (χ0n) is 20.1. The first-order chi connectivity index (χ1) is 15.8. The van der Waals surface area contributed by atoms with Crippen LogP contribution in [0.4, 0.5) is 11.4 Å². The molecule has 0 aromatic heterocycles. The molecule has 0 bridgehead atoms. The fraction of sp³-hybridized carbons (Fsp3) is 0.440. The van der Waals surface area contributed by atoms with Crippen LogP contribution in [0.15, 0.2) is 36.4 Å². The maximum atomic E-state index is 12.9. The van der Waals surface area contributed by atoms with Gasteiger partial charge >= 0.3 is 0 Å². The molecule has 2 aromatic carbocycles. The molecule has 2 N–H and O–H groups in total. The molecular formula is C25H34N4O4. The van der Waals surface area contributed by atoms with Gasteiger partial charge in [-0.15, -0.1) is 0 Å². The van der Waals surface area contributed by atoms with E-state index in [0.29, 0.717) is 36.8 Å². The first-order valence-corrected chi connectivity index (χ1v) is 11.2. The van der Waals surface area contributed by atoms with Crippen LogP contribution in [0.5, 0.6) is 11.5 Å². The Morgan fingerprint density at radius 2 is 1.70 bits per heavy atom. The number of anilines is 2. The summed E-state index contributed by atoms with van der Waals surface area (Å²) in [6.07, 6.45) is 0. The smallest absolute Gasteiger partial charge is 0.241 e. The van der Waals surface area contributed by atoms with Crippen molar-refractivity contribution < 1.29 is 19.1 Å². The highest BCUT2D eigenvalue weighted by Gasteiger charge is 2.27. The summed E-state index contributed by atoms with van der Waals surface area (Å²) in [5.41, 5.74) is 3.68. The van der Waals surface area contributed by atoms with Crippen LogP contribution in [0.3, 0.4) is 0 Å². The van der Waals surface area contributed by atoms with Crippen LogP contribution in [0, 0.1) is 13.8 Å². The number of hydrogen-bond donors (Lipinski definition) is 2. The highest BCUT2D eigenvalue weighted by Crippen LogP contribution is 2.29. The van der Waals surface area contributed by atoms with Crippen molar-refractivity contribution in [1.82, 2.24) is 9.80 Å². The van der Waals surface area contributed by atoms with Crippen molar-refractivity contribution in [2.24, 2.45) is 0 Å². The molecule has 0 aliphatic carbocycles. The third-order valence-corrected chi connectivity index (χ3v) is 6.24. The van der Waals surface area contributed by atoms with Crippen molar-refractivity contribution in [3.05, 3.63) is 47.5 Å². The molecule has 8 nitrogen and oxygen atoms in total. The highest BCUT2D eigenvalue weighted by molar-refractivity contribution is 5.96. The summed E-state index contributed by atoms with van der Waals surface area (Å²) >= 11 is 0. The Labute approximate surface area is 195 Å². The number of hydrogen-bond acceptors (Lipinski definition) is 6. The molecule has 3 rings (SSSR count). The number of nitrogens with zero attached hydrogens (tertiary/aromatic N) is 2. The van der Waals surface area contributed by atoms with Crippen LogP contribution in [-0.2, 0) is 9.59 Å². The number of carbonyl (C=O) groups is 2. The van der Waals surface area contributed by atoms with E-state index >= 15 is 0 Å². The third-order valence-electron chi connectivity index (χ3n) is 6.24. The number of carbonyl (C=O) groups excluding carboxylic acids is 2. The topological polar surface area (TPSA) is 83.1 Å². The van der Waals surface area contributed by atoms with Gasteiger partial charge in [-0.1, -0.05) is 12.1 Å². The number of rotatable bonds is 8. The number of nitrogens with one attached hydrogen (secondary N) is 2. The normalized spacial score (nSPS) is 15.5. The Morgan fingerprint density at radius 1 is 0.970 bits per heavy atom. The van der Waals surface area contributed by atoms with E-state index in [1.54, 1.807) is 32.4 Å². The van der Waals surface area contributed by atoms with Gasteiger partial charge in [0.25, 0.3) is 0 Å². The van der Waals surface area contributed by atoms with Gasteiger partial charge in [0.2, 0.25) is 11.8 Å². The molecule has 1 atom stereocenters. The Morgan fingerprint density at radius 3 is 2.36 bits per heavy atom. The van der Waals surface area contributed by atoms with Gasteiger partial charge in [0.15, 0.2) is 0 Å². The Kier molecular flexibility index (Phi) is 8.30. The van der Waals surface area contributed by atoms with Crippen LogP contribution in [0.2, 0.25) is 0 Å². The minimum Gasteiger partial charge on any atom is -0.497 e. The summed E-state index contributed by atoms with van der Waals surface area (Å²) in [6, 6.07) is 10.9. The van der Waals surface area contributed by atoms with E-state index in [-0.39, 0.29) is 17.9 Å². The fourth-order valence-electron chi connectivity index (χ4n) is 3.90. The van der Waals surface area contributed by atoms with Gasteiger partial charge in [-0.3, -0.25) is 19.4 Å². The summed E-state index contributed by atoms with van der Waals surface area (Å²) in [6.45, 7) is 9.14. The van der Waals surface area contributed by atoms with Gasteiger partial charge in [0.1, 0.15) is 11.5 Å². The fourth-order valence-corrected chi connectivity index (χ4v) is 3.90. The number of benzene rings is 2. The average Bonchev–Trinajstić information content (AvgIpc) is 2.82. The standard InChI is InChI=1S/C25H34N4O4/c1-17-7-6-8-21(18(17)2)26-24(30)16-28-11-13-29(14-12-28)19(3)25(31)27-22-15-20(32-4)9-10-23(22)33-5/h6-10,15,19H,11-14,16H2,1-5H3,(H,26,30)(H,27,31). The summed E-state index contributed by atoms with van der Waals surface area (Å²) < 4.78 is 10.6. The zero-order valence-corrected chi connectivity index (χ0v) is 20.1.